The van der Waals surface area contributed by atoms with Gasteiger partial charge in [0.05, 0.1) is 17.7 Å². The molecule has 7 heteroatoms. The third kappa shape index (κ3) is 6.36. The van der Waals surface area contributed by atoms with Crippen LogP contribution in [0.15, 0.2) is 22.5 Å². The molecule has 6 nitrogen and oxygen atoms in total. The normalized spacial score (nSPS) is 23.0. The molecule has 0 amide bonds. The Hall–Kier alpha value is -1.31. The number of rotatable bonds is 6. The number of nitrogens with zero attached hydrogens (tertiary/aromatic N) is 3. The smallest absolute Gasteiger partial charge is 0.191 e. The van der Waals surface area contributed by atoms with Crippen molar-refractivity contribution in [2.24, 2.45) is 10.9 Å². The fourth-order valence-electron chi connectivity index (χ4n) is 3.88. The van der Waals surface area contributed by atoms with Crippen molar-refractivity contribution in [2.45, 2.75) is 38.8 Å². The van der Waals surface area contributed by atoms with Crippen LogP contribution in [0.4, 0.5) is 5.00 Å². The van der Waals surface area contributed by atoms with E-state index in [-0.39, 0.29) is 6.10 Å². The molecule has 0 saturated carbocycles. The number of anilines is 1. The lowest BCUT2D eigenvalue weighted by Gasteiger charge is -2.35. The van der Waals surface area contributed by atoms with Gasteiger partial charge in [-0.05, 0) is 36.3 Å². The number of hydrogen-bond donors (Lipinski definition) is 2. The molecule has 0 aromatic carbocycles. The molecule has 1 unspecified atom stereocenters. The van der Waals surface area contributed by atoms with E-state index in [1.807, 2.05) is 18.4 Å². The van der Waals surface area contributed by atoms with Crippen LogP contribution < -0.4 is 15.5 Å². The van der Waals surface area contributed by atoms with Gasteiger partial charge in [0, 0.05) is 52.4 Å². The zero-order valence-electron chi connectivity index (χ0n) is 17.0. The molecule has 0 spiro atoms. The Bertz CT molecular complexity index is 569. The van der Waals surface area contributed by atoms with Crippen molar-refractivity contribution in [2.75, 3.05) is 57.8 Å². The quantitative estimate of drug-likeness (QED) is 0.573. The minimum absolute atomic E-state index is 0.233. The highest BCUT2D eigenvalue weighted by molar-refractivity contribution is 7.14. The van der Waals surface area contributed by atoms with Crippen LogP contribution in [0.3, 0.4) is 0 Å². The van der Waals surface area contributed by atoms with Gasteiger partial charge in [0.1, 0.15) is 0 Å². The van der Waals surface area contributed by atoms with Gasteiger partial charge >= 0.3 is 0 Å². The van der Waals surface area contributed by atoms with Gasteiger partial charge in [0.25, 0.3) is 0 Å². The maximum Gasteiger partial charge on any atom is 0.191 e. The first kappa shape index (κ1) is 20.4. The number of piperidine rings is 1. The molecule has 2 saturated heterocycles. The molecule has 2 fully saturated rings. The number of guanidine groups is 1. The second-order valence-corrected chi connectivity index (χ2v) is 8.88. The zero-order valence-corrected chi connectivity index (χ0v) is 17.8. The monoisotopic (exact) mass is 393 g/mol. The summed E-state index contributed by atoms with van der Waals surface area (Å²) >= 11 is 1.83. The van der Waals surface area contributed by atoms with E-state index in [0.29, 0.717) is 12.0 Å². The molecule has 152 valence electrons. The van der Waals surface area contributed by atoms with Crippen molar-refractivity contribution in [1.29, 1.82) is 0 Å². The molecule has 1 atom stereocenters. The molecule has 0 aliphatic carbocycles. The van der Waals surface area contributed by atoms with Crippen molar-refractivity contribution >= 4 is 22.3 Å². The van der Waals surface area contributed by atoms with Crippen LogP contribution in [0.1, 0.15) is 26.7 Å². The Labute approximate surface area is 168 Å². The highest BCUT2D eigenvalue weighted by atomic mass is 32.1. The van der Waals surface area contributed by atoms with Crippen molar-refractivity contribution in [3.05, 3.63) is 17.5 Å². The predicted molar refractivity (Wildman–Crippen MR) is 115 cm³/mol. The minimum atomic E-state index is 0.233. The second-order valence-electron chi connectivity index (χ2n) is 7.96. The summed E-state index contributed by atoms with van der Waals surface area (Å²) in [6.45, 7) is 11.6. The third-order valence-corrected chi connectivity index (χ3v) is 6.15. The van der Waals surface area contributed by atoms with E-state index in [1.54, 1.807) is 0 Å². The largest absolute Gasteiger partial charge is 0.374 e. The molecule has 2 aliphatic heterocycles. The van der Waals surface area contributed by atoms with Crippen LogP contribution in [-0.4, -0.2) is 75.9 Å². The van der Waals surface area contributed by atoms with E-state index < -0.39 is 0 Å². The highest BCUT2D eigenvalue weighted by Crippen LogP contribution is 2.24. The summed E-state index contributed by atoms with van der Waals surface area (Å²) in [7, 11) is 1.85. The first-order chi connectivity index (χ1) is 13.1. The van der Waals surface area contributed by atoms with Crippen molar-refractivity contribution < 1.29 is 4.74 Å². The molecule has 3 rings (SSSR count). The number of nitrogens with one attached hydrogen (secondary N) is 2. The van der Waals surface area contributed by atoms with Crippen LogP contribution >= 0.6 is 11.3 Å². The molecule has 2 aliphatic rings. The first-order valence-corrected chi connectivity index (χ1v) is 11.1. The Balaban J connectivity index is 1.38. The van der Waals surface area contributed by atoms with Gasteiger partial charge in [0.15, 0.2) is 5.96 Å². The molecule has 3 heterocycles. The summed E-state index contributed by atoms with van der Waals surface area (Å²) in [5, 5.41) is 10.6. The SMILES string of the molecule is CN=C(NCC1CN(CC(C)C)CCO1)NC1CCN(c2cccs2)CC1. The molecule has 2 N–H and O–H groups in total. The molecule has 0 radical (unpaired) electrons. The van der Waals surface area contributed by atoms with E-state index in [2.05, 4.69) is 56.8 Å². The van der Waals surface area contributed by atoms with Crippen LogP contribution in [0.5, 0.6) is 0 Å². The Morgan fingerprint density at radius 3 is 2.81 bits per heavy atom. The first-order valence-electron chi connectivity index (χ1n) is 10.2. The van der Waals surface area contributed by atoms with E-state index in [1.165, 1.54) is 5.00 Å². The Kier molecular flexibility index (Phi) is 7.79. The van der Waals surface area contributed by atoms with Crippen molar-refractivity contribution in [3.63, 3.8) is 0 Å². The topological polar surface area (TPSA) is 52.1 Å². The molecule has 27 heavy (non-hydrogen) atoms. The lowest BCUT2D eigenvalue weighted by Crippen LogP contribution is -2.52. The van der Waals surface area contributed by atoms with E-state index in [4.69, 9.17) is 4.74 Å². The summed E-state index contributed by atoms with van der Waals surface area (Å²) < 4.78 is 5.94. The van der Waals surface area contributed by atoms with E-state index in [9.17, 15) is 0 Å². The van der Waals surface area contributed by atoms with Gasteiger partial charge < -0.3 is 20.3 Å². The highest BCUT2D eigenvalue weighted by Gasteiger charge is 2.23. The molecular formula is C20H35N5OS. The molecule has 1 aromatic rings. The lowest BCUT2D eigenvalue weighted by molar-refractivity contribution is -0.0284. The van der Waals surface area contributed by atoms with E-state index >= 15 is 0 Å². The number of ether oxygens (including phenoxy) is 1. The fourth-order valence-corrected chi connectivity index (χ4v) is 4.66. The maximum atomic E-state index is 5.94. The summed E-state index contributed by atoms with van der Waals surface area (Å²) in [5.41, 5.74) is 0. The summed E-state index contributed by atoms with van der Waals surface area (Å²) in [6.07, 6.45) is 2.51. The van der Waals surface area contributed by atoms with Gasteiger partial charge in [0.2, 0.25) is 0 Å². The van der Waals surface area contributed by atoms with Gasteiger partial charge in [-0.25, -0.2) is 0 Å². The lowest BCUT2D eigenvalue weighted by atomic mass is 10.1. The van der Waals surface area contributed by atoms with Crippen molar-refractivity contribution in [1.82, 2.24) is 15.5 Å². The average Bonchev–Trinajstić information content (AvgIpc) is 3.20. The minimum Gasteiger partial charge on any atom is -0.374 e. The Morgan fingerprint density at radius 2 is 2.15 bits per heavy atom. The van der Waals surface area contributed by atoms with Gasteiger partial charge in [-0.15, -0.1) is 11.3 Å². The molecule has 1 aromatic heterocycles. The van der Waals surface area contributed by atoms with Crippen LogP contribution in [0, 0.1) is 5.92 Å². The summed E-state index contributed by atoms with van der Waals surface area (Å²) in [5.74, 6) is 1.60. The standard InChI is InChI=1S/C20H35N5OS/c1-16(2)14-24-10-11-26-18(15-24)13-22-20(21-3)23-17-6-8-25(9-7-17)19-5-4-12-27-19/h4-5,12,16-18H,6-11,13-15H2,1-3H3,(H2,21,22,23). The molecule has 0 bridgehead atoms. The van der Waals surface area contributed by atoms with Crippen LogP contribution in [-0.2, 0) is 4.74 Å². The van der Waals surface area contributed by atoms with Crippen LogP contribution in [0.2, 0.25) is 0 Å². The van der Waals surface area contributed by atoms with Gasteiger partial charge in [-0.1, -0.05) is 13.8 Å². The van der Waals surface area contributed by atoms with Crippen LogP contribution in [0.25, 0.3) is 0 Å². The fraction of sp³-hybridized carbons (Fsp3) is 0.750. The van der Waals surface area contributed by atoms with Gasteiger partial charge in [-0.2, -0.15) is 0 Å². The van der Waals surface area contributed by atoms with Gasteiger partial charge in [-0.3, -0.25) is 9.89 Å². The summed E-state index contributed by atoms with van der Waals surface area (Å²) in [4.78, 5) is 9.41. The number of morpholine rings is 1. The summed E-state index contributed by atoms with van der Waals surface area (Å²) in [6, 6.07) is 4.83. The zero-order chi connectivity index (χ0) is 19.1. The maximum absolute atomic E-state index is 5.94. The average molecular weight is 394 g/mol. The number of aliphatic imine (C=N–C) groups is 1. The molecular weight excluding hydrogens is 358 g/mol. The number of hydrogen-bond acceptors (Lipinski definition) is 5. The van der Waals surface area contributed by atoms with Crippen molar-refractivity contribution in [3.8, 4) is 0 Å². The second kappa shape index (κ2) is 10.3. The predicted octanol–water partition coefficient (Wildman–Crippen LogP) is 2.24. The van der Waals surface area contributed by atoms with E-state index in [0.717, 1.165) is 64.7 Å². The third-order valence-electron chi connectivity index (χ3n) is 5.22. The number of thiophene rings is 1. The Morgan fingerprint density at radius 1 is 1.33 bits per heavy atom.